The molecule has 0 fully saturated rings. The van der Waals surface area contributed by atoms with Crippen LogP contribution in [0.4, 0.5) is 5.69 Å². The molecule has 0 saturated heterocycles. The van der Waals surface area contributed by atoms with Crippen LogP contribution in [0.25, 0.3) is 6.08 Å². The third-order valence-corrected chi connectivity index (χ3v) is 4.16. The van der Waals surface area contributed by atoms with E-state index < -0.39 is 0 Å². The van der Waals surface area contributed by atoms with Gasteiger partial charge in [-0.25, -0.2) is 0 Å². The Morgan fingerprint density at radius 3 is 2.48 bits per heavy atom. The lowest BCUT2D eigenvalue weighted by molar-refractivity contribution is -0.115. The highest BCUT2D eigenvalue weighted by molar-refractivity contribution is 9.10. The van der Waals surface area contributed by atoms with E-state index in [1.54, 1.807) is 6.08 Å². The first kappa shape index (κ1) is 17.4. The van der Waals surface area contributed by atoms with E-state index in [0.29, 0.717) is 0 Å². The van der Waals surface area contributed by atoms with Crippen LogP contribution in [0.2, 0.25) is 0 Å². The molecule has 0 bridgehead atoms. The molecule has 3 nitrogen and oxygen atoms in total. The van der Waals surface area contributed by atoms with Crippen LogP contribution in [0.15, 0.2) is 53.0 Å². The summed E-state index contributed by atoms with van der Waals surface area (Å²) >= 11 is 8.67. The van der Waals surface area contributed by atoms with Gasteiger partial charge < -0.3 is 5.32 Å². The SMILES string of the molecule is Cc1cc(Br)c(NC(=S)NC(=O)/C=C/c2ccccc2)cc1C. The first-order valence-electron chi connectivity index (χ1n) is 7.07. The fourth-order valence-electron chi connectivity index (χ4n) is 1.92. The summed E-state index contributed by atoms with van der Waals surface area (Å²) in [6, 6.07) is 13.6. The number of nitrogens with one attached hydrogen (secondary N) is 2. The van der Waals surface area contributed by atoms with Gasteiger partial charge in [0.2, 0.25) is 5.91 Å². The lowest BCUT2D eigenvalue weighted by Crippen LogP contribution is -2.32. The predicted octanol–water partition coefficient (Wildman–Crippen LogP) is 4.59. The Kier molecular flexibility index (Phi) is 6.07. The van der Waals surface area contributed by atoms with E-state index in [0.717, 1.165) is 21.3 Å². The molecule has 0 aromatic heterocycles. The van der Waals surface area contributed by atoms with E-state index in [-0.39, 0.29) is 11.0 Å². The van der Waals surface area contributed by atoms with Gasteiger partial charge in [-0.3, -0.25) is 10.1 Å². The second-order valence-electron chi connectivity index (χ2n) is 5.10. The van der Waals surface area contributed by atoms with Gasteiger partial charge in [-0.2, -0.15) is 0 Å². The molecular weight excluding hydrogens is 372 g/mol. The summed E-state index contributed by atoms with van der Waals surface area (Å²) in [5.41, 5.74) is 4.11. The first-order valence-corrected chi connectivity index (χ1v) is 8.27. The Morgan fingerprint density at radius 2 is 1.78 bits per heavy atom. The lowest BCUT2D eigenvalue weighted by Gasteiger charge is -2.12. The van der Waals surface area contributed by atoms with E-state index in [2.05, 4.69) is 26.6 Å². The van der Waals surface area contributed by atoms with E-state index in [1.165, 1.54) is 11.6 Å². The van der Waals surface area contributed by atoms with Crippen molar-refractivity contribution in [3.63, 3.8) is 0 Å². The number of amides is 1. The summed E-state index contributed by atoms with van der Waals surface area (Å²) in [6.07, 6.45) is 3.20. The zero-order chi connectivity index (χ0) is 16.8. The smallest absolute Gasteiger partial charge is 0.250 e. The Hall–Kier alpha value is -1.98. The molecule has 0 atom stereocenters. The largest absolute Gasteiger partial charge is 0.331 e. The molecule has 2 aromatic rings. The van der Waals surface area contributed by atoms with Gasteiger partial charge in [-0.05, 0) is 76.9 Å². The zero-order valence-corrected chi connectivity index (χ0v) is 15.3. The van der Waals surface area contributed by atoms with Gasteiger partial charge in [0.15, 0.2) is 5.11 Å². The molecule has 23 heavy (non-hydrogen) atoms. The monoisotopic (exact) mass is 388 g/mol. The molecule has 0 aliphatic rings. The molecule has 0 aliphatic heterocycles. The number of carbonyl (C=O) groups excluding carboxylic acids is 1. The molecule has 0 heterocycles. The minimum atomic E-state index is -0.272. The summed E-state index contributed by atoms with van der Waals surface area (Å²) in [7, 11) is 0. The van der Waals surface area contributed by atoms with E-state index in [1.807, 2.05) is 56.3 Å². The second kappa shape index (κ2) is 8.04. The van der Waals surface area contributed by atoms with Crippen molar-refractivity contribution in [2.45, 2.75) is 13.8 Å². The third kappa shape index (κ3) is 5.30. The summed E-state index contributed by atoms with van der Waals surface area (Å²) in [6.45, 7) is 4.07. The topological polar surface area (TPSA) is 41.1 Å². The highest BCUT2D eigenvalue weighted by atomic mass is 79.9. The lowest BCUT2D eigenvalue weighted by atomic mass is 10.1. The number of hydrogen-bond donors (Lipinski definition) is 2. The minimum Gasteiger partial charge on any atom is -0.331 e. The van der Waals surface area contributed by atoms with Crippen LogP contribution in [0, 0.1) is 13.8 Å². The third-order valence-electron chi connectivity index (χ3n) is 3.30. The molecule has 0 unspecified atom stereocenters. The summed E-state index contributed by atoms with van der Waals surface area (Å²) in [5.74, 6) is -0.272. The standard InChI is InChI=1S/C18H17BrN2OS/c1-12-10-15(19)16(11-13(12)2)20-18(23)21-17(22)9-8-14-6-4-3-5-7-14/h3-11H,1-2H3,(H2,20,21,22,23)/b9-8+. The van der Waals surface area contributed by atoms with E-state index in [4.69, 9.17) is 12.2 Å². The van der Waals surface area contributed by atoms with Crippen LogP contribution in [-0.4, -0.2) is 11.0 Å². The molecule has 2 rings (SSSR count). The first-order chi connectivity index (χ1) is 11.0. The van der Waals surface area contributed by atoms with Gasteiger partial charge in [0.05, 0.1) is 5.69 Å². The van der Waals surface area contributed by atoms with Crippen molar-refractivity contribution in [2.24, 2.45) is 0 Å². The van der Waals surface area contributed by atoms with Gasteiger partial charge in [0.25, 0.3) is 0 Å². The molecule has 5 heteroatoms. The number of carbonyl (C=O) groups is 1. The van der Waals surface area contributed by atoms with Crippen molar-refractivity contribution < 1.29 is 4.79 Å². The number of halogens is 1. The minimum absolute atomic E-state index is 0.261. The normalized spacial score (nSPS) is 10.6. The van der Waals surface area contributed by atoms with Crippen LogP contribution >= 0.6 is 28.1 Å². The number of benzene rings is 2. The van der Waals surface area contributed by atoms with Crippen molar-refractivity contribution in [3.05, 3.63) is 69.7 Å². The number of hydrogen-bond acceptors (Lipinski definition) is 2. The quantitative estimate of drug-likeness (QED) is 0.596. The Bertz CT molecular complexity index is 757. The highest BCUT2D eigenvalue weighted by Crippen LogP contribution is 2.25. The molecule has 0 radical (unpaired) electrons. The number of anilines is 1. The number of rotatable bonds is 3. The second-order valence-corrected chi connectivity index (χ2v) is 6.37. The Labute approximate surface area is 149 Å². The molecule has 1 amide bonds. The van der Waals surface area contributed by atoms with Gasteiger partial charge in [0, 0.05) is 10.5 Å². The molecule has 0 aliphatic carbocycles. The predicted molar refractivity (Wildman–Crippen MR) is 103 cm³/mol. The van der Waals surface area contributed by atoms with Crippen molar-refractivity contribution in [3.8, 4) is 0 Å². The number of aryl methyl sites for hydroxylation is 2. The van der Waals surface area contributed by atoms with Crippen LogP contribution in [-0.2, 0) is 4.79 Å². The van der Waals surface area contributed by atoms with Crippen LogP contribution in [0.1, 0.15) is 16.7 Å². The molecule has 0 spiro atoms. The highest BCUT2D eigenvalue weighted by Gasteiger charge is 2.06. The van der Waals surface area contributed by atoms with Crippen molar-refractivity contribution in [1.82, 2.24) is 5.32 Å². The van der Waals surface area contributed by atoms with Gasteiger partial charge in [0.1, 0.15) is 0 Å². The maximum absolute atomic E-state index is 11.9. The Balaban J connectivity index is 1.96. The zero-order valence-electron chi connectivity index (χ0n) is 12.9. The summed E-state index contributed by atoms with van der Waals surface area (Å²) in [4.78, 5) is 11.9. The summed E-state index contributed by atoms with van der Waals surface area (Å²) in [5, 5.41) is 5.92. The van der Waals surface area contributed by atoms with Gasteiger partial charge in [-0.1, -0.05) is 30.3 Å². The van der Waals surface area contributed by atoms with Gasteiger partial charge in [-0.15, -0.1) is 0 Å². The molecule has 118 valence electrons. The molecule has 2 N–H and O–H groups in total. The van der Waals surface area contributed by atoms with Crippen molar-refractivity contribution in [1.29, 1.82) is 0 Å². The van der Waals surface area contributed by atoms with Crippen LogP contribution < -0.4 is 10.6 Å². The van der Waals surface area contributed by atoms with Crippen LogP contribution in [0.5, 0.6) is 0 Å². The summed E-state index contributed by atoms with van der Waals surface area (Å²) < 4.78 is 0.900. The van der Waals surface area contributed by atoms with E-state index in [9.17, 15) is 4.79 Å². The van der Waals surface area contributed by atoms with Crippen molar-refractivity contribution >= 4 is 50.9 Å². The van der Waals surface area contributed by atoms with Crippen molar-refractivity contribution in [2.75, 3.05) is 5.32 Å². The van der Waals surface area contributed by atoms with Crippen LogP contribution in [0.3, 0.4) is 0 Å². The maximum atomic E-state index is 11.9. The molecule has 2 aromatic carbocycles. The van der Waals surface area contributed by atoms with Gasteiger partial charge >= 0.3 is 0 Å². The fourth-order valence-corrected chi connectivity index (χ4v) is 2.69. The average molecular weight is 389 g/mol. The maximum Gasteiger partial charge on any atom is 0.250 e. The molecular formula is C18H17BrN2OS. The number of thiocarbonyl (C=S) groups is 1. The average Bonchev–Trinajstić information content (AvgIpc) is 2.51. The van der Waals surface area contributed by atoms with E-state index >= 15 is 0 Å². The fraction of sp³-hybridized carbons (Fsp3) is 0.111. The Morgan fingerprint density at radius 1 is 1.13 bits per heavy atom. The molecule has 0 saturated carbocycles.